The van der Waals surface area contributed by atoms with E-state index in [2.05, 4.69) is 9.64 Å². The number of rotatable bonds is 6. The first kappa shape index (κ1) is 27.2. The molecule has 4 rings (SSSR count). The van der Waals surface area contributed by atoms with Crippen LogP contribution >= 0.6 is 0 Å². The van der Waals surface area contributed by atoms with Crippen LogP contribution in [-0.4, -0.2) is 38.0 Å². The Kier molecular flexibility index (Phi) is 8.96. The molecular weight excluding hydrogens is 472 g/mol. The van der Waals surface area contributed by atoms with E-state index in [4.69, 9.17) is 4.74 Å². The van der Waals surface area contributed by atoms with Crippen molar-refractivity contribution in [3.63, 3.8) is 0 Å². The molecule has 0 aromatic heterocycles. The van der Waals surface area contributed by atoms with Crippen LogP contribution in [0.5, 0.6) is 11.5 Å². The average Bonchev–Trinajstić information content (AvgIpc) is 2.79. The number of piperidine rings is 1. The third kappa shape index (κ3) is 7.78. The van der Waals surface area contributed by atoms with Gasteiger partial charge in [0.2, 0.25) is 0 Å². The number of benzene rings is 2. The Bertz CT molecular complexity index is 917. The smallest absolute Gasteiger partial charge is 0.497 e. The molecule has 1 aliphatic carbocycles. The standard InChI is InChI=1S/C18H24F3NO.C8H7F3O/c19-18(20,21)23-16-8-3-2-7-15(16)17(9-6-10-17)11-14-22-12-4-1-5-13-22;1-12-7-4-2-6(3-5-7)8(9,10)11/h2-3,7-8H,1,4-6,9-14H2;2-5H,1H3. The number of halogens is 6. The summed E-state index contributed by atoms with van der Waals surface area (Å²) in [5.41, 5.74) is -0.0666. The van der Waals surface area contributed by atoms with Gasteiger partial charge in [-0.1, -0.05) is 31.0 Å². The van der Waals surface area contributed by atoms with E-state index in [-0.39, 0.29) is 11.2 Å². The van der Waals surface area contributed by atoms with Crippen molar-refractivity contribution in [2.24, 2.45) is 0 Å². The molecular formula is C26H31F6NO2. The van der Waals surface area contributed by atoms with Gasteiger partial charge in [0.05, 0.1) is 12.7 Å². The van der Waals surface area contributed by atoms with E-state index in [1.54, 1.807) is 6.07 Å². The van der Waals surface area contributed by atoms with Gasteiger partial charge < -0.3 is 14.4 Å². The zero-order valence-electron chi connectivity index (χ0n) is 19.7. The fraction of sp³-hybridized carbons (Fsp3) is 0.538. The number of likely N-dealkylation sites (tertiary alicyclic amines) is 1. The normalized spacial score (nSPS) is 18.1. The summed E-state index contributed by atoms with van der Waals surface area (Å²) >= 11 is 0. The molecule has 0 bridgehead atoms. The van der Waals surface area contributed by atoms with Crippen molar-refractivity contribution < 1.29 is 35.8 Å². The minimum Gasteiger partial charge on any atom is -0.497 e. The van der Waals surface area contributed by atoms with Crippen molar-refractivity contribution in [1.29, 1.82) is 0 Å². The van der Waals surface area contributed by atoms with Crippen LogP contribution in [0.2, 0.25) is 0 Å². The second-order valence-electron chi connectivity index (χ2n) is 9.06. The summed E-state index contributed by atoms with van der Waals surface area (Å²) in [4.78, 5) is 2.46. The van der Waals surface area contributed by atoms with Gasteiger partial charge in [0.15, 0.2) is 0 Å². The molecule has 2 fully saturated rings. The summed E-state index contributed by atoms with van der Waals surface area (Å²) in [7, 11) is 1.41. The quantitative estimate of drug-likeness (QED) is 0.379. The Labute approximate surface area is 202 Å². The minimum atomic E-state index is -4.63. The van der Waals surface area contributed by atoms with Crippen molar-refractivity contribution in [2.45, 2.75) is 62.9 Å². The molecule has 1 saturated heterocycles. The summed E-state index contributed by atoms with van der Waals surface area (Å²) in [6.45, 7) is 3.22. The monoisotopic (exact) mass is 503 g/mol. The molecule has 1 aliphatic heterocycles. The first-order valence-corrected chi connectivity index (χ1v) is 11.8. The number of ether oxygens (including phenoxy) is 2. The lowest BCUT2D eigenvalue weighted by Crippen LogP contribution is -2.40. The molecule has 0 N–H and O–H groups in total. The highest BCUT2D eigenvalue weighted by atomic mass is 19.4. The van der Waals surface area contributed by atoms with E-state index in [1.807, 2.05) is 12.1 Å². The highest BCUT2D eigenvalue weighted by Gasteiger charge is 2.42. The molecule has 0 amide bonds. The SMILES string of the molecule is COc1ccc(C(F)(F)F)cc1.FC(F)(F)Oc1ccccc1C1(CCN2CCCCC2)CCC1. The van der Waals surface area contributed by atoms with Gasteiger partial charge in [-0.15, -0.1) is 13.2 Å². The van der Waals surface area contributed by atoms with Gasteiger partial charge in [-0.25, -0.2) is 0 Å². The van der Waals surface area contributed by atoms with Crippen LogP contribution in [0.4, 0.5) is 26.3 Å². The number of methoxy groups -OCH3 is 1. The molecule has 0 atom stereocenters. The summed E-state index contributed by atoms with van der Waals surface area (Å²) in [6, 6.07) is 11.2. The molecule has 2 aromatic rings. The molecule has 3 nitrogen and oxygen atoms in total. The molecule has 0 spiro atoms. The average molecular weight is 504 g/mol. The Morgan fingerprint density at radius 2 is 1.46 bits per heavy atom. The summed E-state index contributed by atoms with van der Waals surface area (Å²) in [5, 5.41) is 0. The second kappa shape index (κ2) is 11.5. The Morgan fingerprint density at radius 3 is 1.97 bits per heavy atom. The maximum absolute atomic E-state index is 12.7. The lowest BCUT2D eigenvalue weighted by atomic mass is 9.62. The van der Waals surface area contributed by atoms with Gasteiger partial charge in [-0.2, -0.15) is 13.2 Å². The fourth-order valence-electron chi connectivity index (χ4n) is 4.71. The Morgan fingerprint density at radius 1 is 0.829 bits per heavy atom. The summed E-state index contributed by atoms with van der Waals surface area (Å²) < 4.78 is 83.0. The predicted molar refractivity (Wildman–Crippen MR) is 122 cm³/mol. The summed E-state index contributed by atoms with van der Waals surface area (Å²) in [6.07, 6.45) is -1.21. The number of para-hydroxylation sites is 1. The molecule has 0 radical (unpaired) electrons. The molecule has 1 saturated carbocycles. The van der Waals surface area contributed by atoms with Crippen LogP contribution in [0.25, 0.3) is 0 Å². The van der Waals surface area contributed by atoms with Crippen LogP contribution in [0.3, 0.4) is 0 Å². The van der Waals surface area contributed by atoms with Gasteiger partial charge in [0.1, 0.15) is 11.5 Å². The molecule has 194 valence electrons. The van der Waals surface area contributed by atoms with Crippen LogP contribution in [0.1, 0.15) is 56.1 Å². The van der Waals surface area contributed by atoms with Gasteiger partial charge in [0, 0.05) is 11.0 Å². The zero-order valence-corrected chi connectivity index (χ0v) is 19.7. The zero-order chi connectivity index (χ0) is 25.5. The molecule has 2 aliphatic rings. The van der Waals surface area contributed by atoms with E-state index < -0.39 is 18.1 Å². The van der Waals surface area contributed by atoms with Gasteiger partial charge in [-0.05, 0) is 82.1 Å². The maximum Gasteiger partial charge on any atom is 0.573 e. The molecule has 9 heteroatoms. The lowest BCUT2D eigenvalue weighted by Gasteiger charge is -2.44. The summed E-state index contributed by atoms with van der Waals surface area (Å²) in [5.74, 6) is 0.404. The maximum atomic E-state index is 12.7. The van der Waals surface area contributed by atoms with Crippen LogP contribution in [-0.2, 0) is 11.6 Å². The number of nitrogens with zero attached hydrogens (tertiary/aromatic N) is 1. The van der Waals surface area contributed by atoms with Crippen molar-refractivity contribution >= 4 is 0 Å². The van der Waals surface area contributed by atoms with E-state index in [9.17, 15) is 26.3 Å². The first-order chi connectivity index (χ1) is 16.5. The topological polar surface area (TPSA) is 21.7 Å². The van der Waals surface area contributed by atoms with Crippen molar-refractivity contribution in [1.82, 2.24) is 4.90 Å². The third-order valence-electron chi connectivity index (χ3n) is 6.77. The van der Waals surface area contributed by atoms with Gasteiger partial charge in [0.25, 0.3) is 0 Å². The highest BCUT2D eigenvalue weighted by Crippen LogP contribution is 2.50. The first-order valence-electron chi connectivity index (χ1n) is 11.8. The molecule has 1 heterocycles. The second-order valence-corrected chi connectivity index (χ2v) is 9.06. The lowest BCUT2D eigenvalue weighted by molar-refractivity contribution is -0.275. The van der Waals surface area contributed by atoms with E-state index in [0.29, 0.717) is 5.75 Å². The van der Waals surface area contributed by atoms with Crippen LogP contribution in [0.15, 0.2) is 48.5 Å². The van der Waals surface area contributed by atoms with Crippen LogP contribution < -0.4 is 9.47 Å². The van der Waals surface area contributed by atoms with E-state index >= 15 is 0 Å². The predicted octanol–water partition coefficient (Wildman–Crippen LogP) is 7.60. The molecule has 0 unspecified atom stereocenters. The minimum absolute atomic E-state index is 0.0154. The Balaban J connectivity index is 0.000000241. The number of alkyl halides is 6. The van der Waals surface area contributed by atoms with Gasteiger partial charge >= 0.3 is 12.5 Å². The van der Waals surface area contributed by atoms with Crippen molar-refractivity contribution in [2.75, 3.05) is 26.7 Å². The van der Waals surface area contributed by atoms with E-state index in [1.165, 1.54) is 44.6 Å². The van der Waals surface area contributed by atoms with Crippen LogP contribution in [0, 0.1) is 0 Å². The largest absolute Gasteiger partial charge is 0.573 e. The van der Waals surface area contributed by atoms with Gasteiger partial charge in [-0.3, -0.25) is 0 Å². The van der Waals surface area contributed by atoms with Crippen molar-refractivity contribution in [3.8, 4) is 11.5 Å². The van der Waals surface area contributed by atoms with Crippen molar-refractivity contribution in [3.05, 3.63) is 59.7 Å². The molecule has 2 aromatic carbocycles. The van der Waals surface area contributed by atoms with E-state index in [0.717, 1.165) is 63.0 Å². The number of hydrogen-bond acceptors (Lipinski definition) is 3. The number of hydrogen-bond donors (Lipinski definition) is 0. The fourth-order valence-corrected chi connectivity index (χ4v) is 4.71. The molecule has 35 heavy (non-hydrogen) atoms. The third-order valence-corrected chi connectivity index (χ3v) is 6.77. The Hall–Kier alpha value is -2.42. The highest BCUT2D eigenvalue weighted by molar-refractivity contribution is 5.41.